The quantitative estimate of drug-likeness (QED) is 0.723. The van der Waals surface area contributed by atoms with E-state index in [1.54, 1.807) is 31.7 Å². The summed E-state index contributed by atoms with van der Waals surface area (Å²) < 4.78 is 35.2. The summed E-state index contributed by atoms with van der Waals surface area (Å²) in [5, 5.41) is 4.41. The van der Waals surface area contributed by atoms with Crippen molar-refractivity contribution in [1.29, 1.82) is 0 Å². The Balaban J connectivity index is 1.89. The molecule has 3 aromatic rings. The molecule has 0 bridgehead atoms. The number of sulfonamides is 1. The Morgan fingerprint density at radius 2 is 1.81 bits per heavy atom. The van der Waals surface area contributed by atoms with Crippen LogP contribution >= 0.6 is 0 Å². The van der Waals surface area contributed by atoms with Gasteiger partial charge in [-0.1, -0.05) is 30.3 Å². The van der Waals surface area contributed by atoms with Gasteiger partial charge in [0.15, 0.2) is 0 Å². The molecule has 0 saturated carbocycles. The zero-order valence-electron chi connectivity index (χ0n) is 14.9. The van der Waals surface area contributed by atoms with Gasteiger partial charge < -0.3 is 4.74 Å². The van der Waals surface area contributed by atoms with Gasteiger partial charge in [0.1, 0.15) is 10.6 Å². The third-order valence-corrected chi connectivity index (χ3v) is 5.75. The lowest BCUT2D eigenvalue weighted by Crippen LogP contribution is -2.24. The Morgan fingerprint density at radius 1 is 1.08 bits per heavy atom. The highest BCUT2D eigenvalue weighted by atomic mass is 32.2. The first-order chi connectivity index (χ1) is 12.4. The average Bonchev–Trinajstić information content (AvgIpc) is 2.96. The summed E-state index contributed by atoms with van der Waals surface area (Å²) in [6.45, 7) is 3.63. The monoisotopic (exact) mass is 371 g/mol. The highest BCUT2D eigenvalue weighted by molar-refractivity contribution is 7.89. The molecule has 1 N–H and O–H groups in total. The van der Waals surface area contributed by atoms with Crippen LogP contribution in [0.4, 0.5) is 0 Å². The van der Waals surface area contributed by atoms with E-state index in [1.807, 2.05) is 48.5 Å². The minimum Gasteiger partial charge on any atom is -0.497 e. The molecule has 0 fully saturated rings. The molecule has 0 radical (unpaired) electrons. The molecule has 0 unspecified atom stereocenters. The average molecular weight is 371 g/mol. The summed E-state index contributed by atoms with van der Waals surface area (Å²) >= 11 is 0. The van der Waals surface area contributed by atoms with Crippen molar-refractivity contribution in [1.82, 2.24) is 14.5 Å². The maximum atomic E-state index is 12.9. The van der Waals surface area contributed by atoms with Crippen LogP contribution in [0.15, 0.2) is 59.5 Å². The van der Waals surface area contributed by atoms with E-state index in [2.05, 4.69) is 9.82 Å². The van der Waals surface area contributed by atoms with Crippen LogP contribution in [0.3, 0.4) is 0 Å². The largest absolute Gasteiger partial charge is 0.497 e. The number of rotatable bonds is 6. The van der Waals surface area contributed by atoms with Crippen molar-refractivity contribution in [2.45, 2.75) is 25.3 Å². The summed E-state index contributed by atoms with van der Waals surface area (Å²) in [4.78, 5) is 0.212. The van der Waals surface area contributed by atoms with E-state index in [-0.39, 0.29) is 11.4 Å². The summed E-state index contributed by atoms with van der Waals surface area (Å²) in [6, 6.07) is 16.7. The molecule has 0 spiro atoms. The van der Waals surface area contributed by atoms with Crippen molar-refractivity contribution < 1.29 is 13.2 Å². The highest BCUT2D eigenvalue weighted by Crippen LogP contribution is 2.23. The van der Waals surface area contributed by atoms with Crippen LogP contribution in [0, 0.1) is 13.8 Å². The van der Waals surface area contributed by atoms with E-state index >= 15 is 0 Å². The van der Waals surface area contributed by atoms with E-state index in [9.17, 15) is 8.42 Å². The molecule has 6 nitrogen and oxygen atoms in total. The van der Waals surface area contributed by atoms with Crippen molar-refractivity contribution in [2.75, 3.05) is 7.11 Å². The fraction of sp³-hybridized carbons (Fsp3) is 0.211. The van der Waals surface area contributed by atoms with Crippen molar-refractivity contribution in [3.8, 4) is 11.4 Å². The zero-order valence-corrected chi connectivity index (χ0v) is 15.7. The number of aryl methyl sites for hydroxylation is 1. The maximum Gasteiger partial charge on any atom is 0.244 e. The lowest BCUT2D eigenvalue weighted by Gasteiger charge is -2.09. The smallest absolute Gasteiger partial charge is 0.244 e. The minimum absolute atomic E-state index is 0.176. The predicted molar refractivity (Wildman–Crippen MR) is 100 cm³/mol. The van der Waals surface area contributed by atoms with Crippen LogP contribution in [0.5, 0.6) is 5.75 Å². The van der Waals surface area contributed by atoms with Gasteiger partial charge in [-0.25, -0.2) is 17.8 Å². The molecular formula is C19H21N3O3S. The van der Waals surface area contributed by atoms with Crippen molar-refractivity contribution in [3.05, 3.63) is 71.5 Å². The normalized spacial score (nSPS) is 11.5. The number of hydrogen-bond donors (Lipinski definition) is 1. The van der Waals surface area contributed by atoms with Crippen LogP contribution in [0.1, 0.15) is 17.0 Å². The zero-order chi connectivity index (χ0) is 18.7. The first-order valence-electron chi connectivity index (χ1n) is 8.16. The molecule has 3 rings (SSSR count). The molecule has 0 amide bonds. The highest BCUT2D eigenvalue weighted by Gasteiger charge is 2.24. The van der Waals surface area contributed by atoms with Crippen LogP contribution < -0.4 is 9.46 Å². The molecule has 7 heteroatoms. The van der Waals surface area contributed by atoms with Gasteiger partial charge in [0.25, 0.3) is 0 Å². The van der Waals surface area contributed by atoms with Gasteiger partial charge in [-0.05, 0) is 43.7 Å². The second kappa shape index (κ2) is 7.31. The van der Waals surface area contributed by atoms with E-state index in [4.69, 9.17) is 4.74 Å². The molecule has 2 aromatic carbocycles. The number of hydrogen-bond acceptors (Lipinski definition) is 4. The lowest BCUT2D eigenvalue weighted by molar-refractivity contribution is 0.414. The Hall–Kier alpha value is -2.64. The van der Waals surface area contributed by atoms with Crippen molar-refractivity contribution in [2.24, 2.45) is 0 Å². The molecule has 1 heterocycles. The number of ether oxygens (including phenoxy) is 1. The number of benzene rings is 2. The number of aromatic nitrogens is 2. The Bertz CT molecular complexity index is 1010. The second-order valence-corrected chi connectivity index (χ2v) is 7.63. The SMILES string of the molecule is COc1cccc(CNS(=O)(=O)c2c(C)nn(-c3ccccc3)c2C)c1. The number of methoxy groups -OCH3 is 1. The number of para-hydroxylation sites is 1. The van der Waals surface area contributed by atoms with Crippen LogP contribution in [-0.2, 0) is 16.6 Å². The Morgan fingerprint density at radius 3 is 2.50 bits per heavy atom. The molecule has 0 atom stereocenters. The first-order valence-corrected chi connectivity index (χ1v) is 9.65. The summed E-state index contributed by atoms with van der Waals surface area (Å²) in [5.41, 5.74) is 2.68. The van der Waals surface area contributed by atoms with Crippen molar-refractivity contribution >= 4 is 10.0 Å². The van der Waals surface area contributed by atoms with Gasteiger partial charge in [-0.2, -0.15) is 5.10 Å². The van der Waals surface area contributed by atoms with Gasteiger partial charge in [0.2, 0.25) is 10.0 Å². The topological polar surface area (TPSA) is 73.2 Å². The molecule has 0 aliphatic heterocycles. The van der Waals surface area contributed by atoms with E-state index in [1.165, 1.54) is 0 Å². The van der Waals surface area contributed by atoms with Gasteiger partial charge >= 0.3 is 0 Å². The predicted octanol–water partition coefficient (Wildman–Crippen LogP) is 2.98. The standard InChI is InChI=1S/C19H21N3O3S/c1-14-19(15(2)22(21-14)17-9-5-4-6-10-17)26(23,24)20-13-16-8-7-11-18(12-16)25-3/h4-12,20H,13H2,1-3H3. The van der Waals surface area contributed by atoms with Crippen LogP contribution in [0.25, 0.3) is 5.69 Å². The third kappa shape index (κ3) is 3.63. The third-order valence-electron chi connectivity index (χ3n) is 4.09. The fourth-order valence-corrected chi connectivity index (χ4v) is 4.28. The second-order valence-electron chi connectivity index (χ2n) is 5.92. The van der Waals surface area contributed by atoms with Crippen LogP contribution in [0.2, 0.25) is 0 Å². The van der Waals surface area contributed by atoms with Gasteiger partial charge in [-0.3, -0.25) is 0 Å². The minimum atomic E-state index is -3.70. The number of nitrogens with one attached hydrogen (secondary N) is 1. The molecular weight excluding hydrogens is 350 g/mol. The molecule has 0 aliphatic carbocycles. The van der Waals surface area contributed by atoms with Crippen LogP contribution in [-0.4, -0.2) is 25.3 Å². The molecule has 0 aliphatic rings. The summed E-state index contributed by atoms with van der Waals surface area (Å²) in [7, 11) is -2.12. The molecule has 26 heavy (non-hydrogen) atoms. The summed E-state index contributed by atoms with van der Waals surface area (Å²) in [6.07, 6.45) is 0. The number of nitrogens with zero attached hydrogens (tertiary/aromatic N) is 2. The molecule has 0 saturated heterocycles. The van der Waals surface area contributed by atoms with Gasteiger partial charge in [0, 0.05) is 6.54 Å². The first kappa shape index (κ1) is 18.2. The Kier molecular flexibility index (Phi) is 5.11. The fourth-order valence-electron chi connectivity index (χ4n) is 2.87. The van der Waals surface area contributed by atoms with E-state index < -0.39 is 10.0 Å². The Labute approximate surface area is 153 Å². The maximum absolute atomic E-state index is 12.9. The molecule has 1 aromatic heterocycles. The molecule has 136 valence electrons. The van der Waals surface area contributed by atoms with Gasteiger partial charge in [0.05, 0.1) is 24.2 Å². The van der Waals surface area contributed by atoms with E-state index in [0.717, 1.165) is 11.3 Å². The summed E-state index contributed by atoms with van der Waals surface area (Å²) in [5.74, 6) is 0.686. The van der Waals surface area contributed by atoms with E-state index in [0.29, 0.717) is 17.1 Å². The van der Waals surface area contributed by atoms with Gasteiger partial charge in [-0.15, -0.1) is 0 Å². The van der Waals surface area contributed by atoms with Crippen molar-refractivity contribution in [3.63, 3.8) is 0 Å². The lowest BCUT2D eigenvalue weighted by atomic mass is 10.2.